The molecule has 0 radical (unpaired) electrons. The van der Waals surface area contributed by atoms with Crippen LogP contribution in [0, 0.1) is 5.82 Å². The highest BCUT2D eigenvalue weighted by Crippen LogP contribution is 2.22. The van der Waals surface area contributed by atoms with Crippen LogP contribution < -0.4 is 5.32 Å². The lowest BCUT2D eigenvalue weighted by molar-refractivity contribution is -0.137. The molecule has 3 aromatic rings. The van der Waals surface area contributed by atoms with Gasteiger partial charge in [0.2, 0.25) is 5.91 Å². The highest BCUT2D eigenvalue weighted by Gasteiger charge is 2.08. The summed E-state index contributed by atoms with van der Waals surface area (Å²) < 4.78 is 17.8. The fourth-order valence-electron chi connectivity index (χ4n) is 2.52. The van der Waals surface area contributed by atoms with Crippen LogP contribution >= 0.6 is 11.8 Å². The second-order valence-electron chi connectivity index (χ2n) is 6.15. The lowest BCUT2D eigenvalue weighted by atomic mass is 10.2. The largest absolute Gasteiger partial charge is 0.463 e. The number of esters is 1. The Balaban J connectivity index is 1.49. The number of ether oxygens (including phenoxy) is 1. The Morgan fingerprint density at radius 2 is 1.90 bits per heavy atom. The van der Waals surface area contributed by atoms with Crippen molar-refractivity contribution in [3.05, 3.63) is 72.2 Å². The minimum atomic E-state index is -0.396. The molecule has 0 saturated heterocycles. The van der Waals surface area contributed by atoms with E-state index >= 15 is 0 Å². The topological polar surface area (TPSA) is 84.1 Å². The van der Waals surface area contributed by atoms with E-state index in [2.05, 4.69) is 15.3 Å². The van der Waals surface area contributed by atoms with E-state index in [1.807, 2.05) is 0 Å². The fraction of sp³-hybridized carbons (Fsp3) is 0.136. The lowest BCUT2D eigenvalue weighted by Gasteiger charge is -2.05. The standard InChI is InChI=1S/C22H20FN3O3S/c1-2-29-21(28)12-5-15-3-10-18(11-4-15)25-20(27)14-30-22-24-13-19(26-22)16-6-8-17(23)9-7-16/h3-13H,2,14H2,1H3,(H,24,26)(H,25,27)/b12-5+. The SMILES string of the molecule is CCOC(=O)/C=C/c1ccc(NC(=O)CSc2ncc(-c3ccc(F)cc3)[nH]2)cc1. The van der Waals surface area contributed by atoms with Crippen LogP contribution in [-0.4, -0.2) is 34.2 Å². The summed E-state index contributed by atoms with van der Waals surface area (Å²) in [5.74, 6) is -0.685. The summed E-state index contributed by atoms with van der Waals surface area (Å²) in [4.78, 5) is 30.9. The third kappa shape index (κ3) is 6.31. The van der Waals surface area contributed by atoms with E-state index in [0.29, 0.717) is 17.5 Å². The highest BCUT2D eigenvalue weighted by atomic mass is 32.2. The average molecular weight is 425 g/mol. The normalized spacial score (nSPS) is 10.9. The molecular weight excluding hydrogens is 405 g/mol. The molecule has 8 heteroatoms. The quantitative estimate of drug-likeness (QED) is 0.315. The lowest BCUT2D eigenvalue weighted by Crippen LogP contribution is -2.14. The molecule has 2 aromatic carbocycles. The predicted octanol–water partition coefficient (Wildman–Crippen LogP) is 4.52. The van der Waals surface area contributed by atoms with E-state index in [-0.39, 0.29) is 17.5 Å². The molecule has 0 aliphatic rings. The molecule has 1 heterocycles. The summed E-state index contributed by atoms with van der Waals surface area (Å²) in [5, 5.41) is 3.41. The number of halogens is 1. The summed E-state index contributed by atoms with van der Waals surface area (Å²) in [7, 11) is 0. The number of anilines is 1. The van der Waals surface area contributed by atoms with Crippen LogP contribution in [0.15, 0.2) is 66.0 Å². The number of hydrogen-bond donors (Lipinski definition) is 2. The molecule has 30 heavy (non-hydrogen) atoms. The highest BCUT2D eigenvalue weighted by molar-refractivity contribution is 7.99. The molecule has 1 amide bonds. The van der Waals surface area contributed by atoms with Crippen LogP contribution in [0.3, 0.4) is 0 Å². The Hall–Kier alpha value is -3.39. The molecule has 154 valence electrons. The van der Waals surface area contributed by atoms with Gasteiger partial charge in [0.05, 0.1) is 24.3 Å². The molecule has 0 fully saturated rings. The molecule has 0 aliphatic heterocycles. The van der Waals surface area contributed by atoms with Crippen molar-refractivity contribution in [3.63, 3.8) is 0 Å². The van der Waals surface area contributed by atoms with E-state index in [1.54, 1.807) is 55.6 Å². The minimum Gasteiger partial charge on any atom is -0.463 e. The van der Waals surface area contributed by atoms with E-state index in [4.69, 9.17) is 4.74 Å². The van der Waals surface area contributed by atoms with Gasteiger partial charge in [-0.05, 0) is 60.5 Å². The van der Waals surface area contributed by atoms with Gasteiger partial charge in [0.1, 0.15) is 5.82 Å². The van der Waals surface area contributed by atoms with Gasteiger partial charge in [-0.15, -0.1) is 0 Å². The van der Waals surface area contributed by atoms with Crippen LogP contribution in [0.4, 0.5) is 10.1 Å². The Morgan fingerprint density at radius 3 is 2.60 bits per heavy atom. The van der Waals surface area contributed by atoms with Gasteiger partial charge in [0.25, 0.3) is 0 Å². The van der Waals surface area contributed by atoms with Crippen molar-refractivity contribution in [2.75, 3.05) is 17.7 Å². The Morgan fingerprint density at radius 1 is 1.17 bits per heavy atom. The maximum atomic E-state index is 13.0. The zero-order chi connectivity index (χ0) is 21.3. The van der Waals surface area contributed by atoms with Gasteiger partial charge < -0.3 is 15.0 Å². The molecule has 6 nitrogen and oxygen atoms in total. The number of aromatic nitrogens is 2. The molecular formula is C22H20FN3O3S. The third-order valence-electron chi connectivity index (χ3n) is 3.94. The maximum absolute atomic E-state index is 13.0. The molecule has 0 saturated carbocycles. The Labute approximate surface area is 177 Å². The third-order valence-corrected chi connectivity index (χ3v) is 4.83. The van der Waals surface area contributed by atoms with Crippen LogP contribution in [0.5, 0.6) is 0 Å². The first-order valence-corrected chi connectivity index (χ1v) is 10.2. The van der Waals surface area contributed by atoms with Crippen LogP contribution in [0.1, 0.15) is 12.5 Å². The molecule has 0 unspecified atom stereocenters. The number of thioether (sulfide) groups is 1. The molecule has 0 aliphatic carbocycles. The first-order chi connectivity index (χ1) is 14.5. The first kappa shape index (κ1) is 21.3. The zero-order valence-corrected chi connectivity index (χ0v) is 17.0. The van der Waals surface area contributed by atoms with Crippen LogP contribution in [-0.2, 0) is 14.3 Å². The van der Waals surface area contributed by atoms with E-state index in [9.17, 15) is 14.0 Å². The number of rotatable bonds is 8. The van der Waals surface area contributed by atoms with E-state index in [0.717, 1.165) is 16.8 Å². The van der Waals surface area contributed by atoms with Gasteiger partial charge in [-0.1, -0.05) is 23.9 Å². The summed E-state index contributed by atoms with van der Waals surface area (Å²) in [6.07, 6.45) is 4.66. The van der Waals surface area contributed by atoms with Gasteiger partial charge in [-0.2, -0.15) is 0 Å². The maximum Gasteiger partial charge on any atom is 0.330 e. The van der Waals surface area contributed by atoms with Gasteiger partial charge in [0.15, 0.2) is 5.16 Å². The Kier molecular flexibility index (Phi) is 7.40. The second-order valence-corrected chi connectivity index (χ2v) is 7.12. The molecule has 0 atom stereocenters. The number of amides is 1. The van der Waals surface area contributed by atoms with Crippen molar-refractivity contribution in [2.45, 2.75) is 12.1 Å². The smallest absolute Gasteiger partial charge is 0.330 e. The van der Waals surface area contributed by atoms with Crippen molar-refractivity contribution < 1.29 is 18.7 Å². The molecule has 0 spiro atoms. The average Bonchev–Trinajstić information content (AvgIpc) is 3.22. The van der Waals surface area contributed by atoms with E-state index < -0.39 is 5.97 Å². The summed E-state index contributed by atoms with van der Waals surface area (Å²) in [6, 6.07) is 13.2. The fourth-order valence-corrected chi connectivity index (χ4v) is 3.16. The van der Waals surface area contributed by atoms with Crippen molar-refractivity contribution in [2.24, 2.45) is 0 Å². The number of hydrogen-bond acceptors (Lipinski definition) is 5. The molecule has 0 bridgehead atoms. The number of nitrogens with zero attached hydrogens (tertiary/aromatic N) is 1. The van der Waals surface area contributed by atoms with Gasteiger partial charge >= 0.3 is 5.97 Å². The zero-order valence-electron chi connectivity index (χ0n) is 16.2. The molecule has 3 rings (SSSR count). The number of benzene rings is 2. The number of carbonyl (C=O) groups is 2. The number of carbonyl (C=O) groups excluding carboxylic acids is 2. The van der Waals surface area contributed by atoms with Crippen molar-refractivity contribution in [1.29, 1.82) is 0 Å². The second kappa shape index (κ2) is 10.4. The van der Waals surface area contributed by atoms with Gasteiger partial charge in [0, 0.05) is 11.8 Å². The summed E-state index contributed by atoms with van der Waals surface area (Å²) in [6.45, 7) is 2.08. The van der Waals surface area contributed by atoms with Crippen molar-refractivity contribution >= 4 is 35.4 Å². The molecule has 1 aromatic heterocycles. The molecule has 2 N–H and O–H groups in total. The van der Waals surface area contributed by atoms with Crippen molar-refractivity contribution in [3.8, 4) is 11.3 Å². The monoisotopic (exact) mass is 425 g/mol. The first-order valence-electron chi connectivity index (χ1n) is 9.22. The van der Waals surface area contributed by atoms with Gasteiger partial charge in [-0.3, -0.25) is 4.79 Å². The van der Waals surface area contributed by atoms with Crippen molar-refractivity contribution in [1.82, 2.24) is 9.97 Å². The Bertz CT molecular complexity index is 1030. The van der Waals surface area contributed by atoms with Gasteiger partial charge in [-0.25, -0.2) is 14.2 Å². The minimum absolute atomic E-state index is 0.172. The van der Waals surface area contributed by atoms with E-state index in [1.165, 1.54) is 30.0 Å². The van der Waals surface area contributed by atoms with Crippen LogP contribution in [0.25, 0.3) is 17.3 Å². The number of imidazole rings is 1. The summed E-state index contributed by atoms with van der Waals surface area (Å²) >= 11 is 1.27. The summed E-state index contributed by atoms with van der Waals surface area (Å²) in [5.41, 5.74) is 3.04. The number of nitrogens with one attached hydrogen (secondary N) is 2. The van der Waals surface area contributed by atoms with Crippen LogP contribution in [0.2, 0.25) is 0 Å². The number of aromatic amines is 1. The predicted molar refractivity (Wildman–Crippen MR) is 115 cm³/mol. The number of H-pyrrole nitrogens is 1.